The molecule has 3 aliphatic heterocycles. The molecule has 3 aromatic rings. The Hall–Kier alpha value is -5.06. The normalized spacial score (nSPS) is 21.4. The second-order valence-electron chi connectivity index (χ2n) is 18.7. The smallest absolute Gasteiger partial charge is 0.410 e. The standard InChI is InChI=1S/C46H61N5O6/c1-44(2,3)32-18-24-35(25-19-32)51-36(30-14-20-33(21-15-30)47-40(52)38-12-10-28-49(38)42(54)56-45(4,5)6)26-27-37(51)31-16-22-34(23-17-31)48-41(53)39-13-11-29-50(39)43(55)57-46(7,8)9/h14-25,36-39H,10-13,26-29H2,1-9H3,(H,47,52)(H,48,53)/t36-,37-,38-,39-/m0/s1. The van der Waals surface area contributed by atoms with E-state index in [0.29, 0.717) is 37.3 Å². The number of carbonyl (C=O) groups is 4. The molecule has 0 aliphatic carbocycles. The monoisotopic (exact) mass is 779 g/mol. The van der Waals surface area contributed by atoms with Crippen LogP contribution in [-0.2, 0) is 24.5 Å². The lowest BCUT2D eigenvalue weighted by molar-refractivity contribution is -0.121. The molecule has 0 unspecified atom stereocenters. The van der Waals surface area contributed by atoms with Crippen molar-refractivity contribution in [1.29, 1.82) is 0 Å². The lowest BCUT2D eigenvalue weighted by atomic mass is 9.87. The third-order valence-corrected chi connectivity index (χ3v) is 10.9. The minimum Gasteiger partial charge on any atom is -0.444 e. The molecule has 3 heterocycles. The predicted octanol–water partition coefficient (Wildman–Crippen LogP) is 9.74. The zero-order valence-electron chi connectivity index (χ0n) is 35.2. The summed E-state index contributed by atoms with van der Waals surface area (Å²) in [6.07, 6.45) is 3.60. The molecule has 3 aromatic carbocycles. The van der Waals surface area contributed by atoms with Crippen LogP contribution in [0.3, 0.4) is 0 Å². The zero-order chi connectivity index (χ0) is 41.3. The summed E-state index contributed by atoms with van der Waals surface area (Å²) in [5.74, 6) is -0.424. The Kier molecular flexibility index (Phi) is 12.0. The minimum atomic E-state index is -0.636. The molecular formula is C46H61N5O6. The first-order valence-electron chi connectivity index (χ1n) is 20.5. The highest BCUT2D eigenvalue weighted by atomic mass is 16.6. The molecule has 11 heteroatoms. The number of hydrogen-bond acceptors (Lipinski definition) is 7. The first kappa shape index (κ1) is 41.6. The van der Waals surface area contributed by atoms with Gasteiger partial charge in [0.1, 0.15) is 23.3 Å². The molecule has 3 fully saturated rings. The fraction of sp³-hybridized carbons (Fsp3) is 0.522. The van der Waals surface area contributed by atoms with Crippen molar-refractivity contribution in [2.45, 2.75) is 142 Å². The van der Waals surface area contributed by atoms with E-state index in [2.05, 4.69) is 84.8 Å². The van der Waals surface area contributed by atoms with Gasteiger partial charge in [0.15, 0.2) is 0 Å². The van der Waals surface area contributed by atoms with Crippen LogP contribution < -0.4 is 15.5 Å². The van der Waals surface area contributed by atoms with Crippen LogP contribution in [0.1, 0.15) is 130 Å². The highest BCUT2D eigenvalue weighted by Crippen LogP contribution is 2.47. The van der Waals surface area contributed by atoms with Gasteiger partial charge in [0.05, 0.1) is 12.1 Å². The van der Waals surface area contributed by atoms with Crippen LogP contribution in [0.25, 0.3) is 0 Å². The SMILES string of the molecule is CC(C)(C)OC(=O)N1CCC[C@H]1C(=O)Nc1ccc([C@@H]2CC[C@@H](c3ccc(NC(=O)[C@@H]4CCCN4C(=O)OC(C)(C)C)cc3)N2c2ccc(C(C)(C)C)cc2)cc1. The van der Waals surface area contributed by atoms with E-state index in [-0.39, 0.29) is 29.3 Å². The Morgan fingerprint density at radius 2 is 0.930 bits per heavy atom. The van der Waals surface area contributed by atoms with Gasteiger partial charge in [-0.25, -0.2) is 9.59 Å². The molecule has 3 saturated heterocycles. The van der Waals surface area contributed by atoms with Crippen LogP contribution in [0, 0.1) is 0 Å². The van der Waals surface area contributed by atoms with Gasteiger partial charge < -0.3 is 25.0 Å². The predicted molar refractivity (Wildman–Crippen MR) is 224 cm³/mol. The van der Waals surface area contributed by atoms with Gasteiger partial charge >= 0.3 is 12.2 Å². The van der Waals surface area contributed by atoms with Gasteiger partial charge in [0.2, 0.25) is 11.8 Å². The molecule has 0 bridgehead atoms. The molecule has 0 aromatic heterocycles. The Morgan fingerprint density at radius 3 is 1.28 bits per heavy atom. The summed E-state index contributed by atoms with van der Waals surface area (Å²) in [6, 6.07) is 24.0. The van der Waals surface area contributed by atoms with Gasteiger partial charge in [-0.3, -0.25) is 19.4 Å². The fourth-order valence-electron chi connectivity index (χ4n) is 8.14. The van der Waals surface area contributed by atoms with E-state index in [4.69, 9.17) is 9.47 Å². The van der Waals surface area contributed by atoms with Crippen molar-refractivity contribution in [3.05, 3.63) is 89.5 Å². The molecule has 4 atom stereocenters. The van der Waals surface area contributed by atoms with Crippen LogP contribution >= 0.6 is 0 Å². The molecule has 6 rings (SSSR count). The molecule has 0 spiro atoms. The largest absolute Gasteiger partial charge is 0.444 e. The second-order valence-corrected chi connectivity index (χ2v) is 18.7. The first-order valence-corrected chi connectivity index (χ1v) is 20.5. The van der Waals surface area contributed by atoms with Crippen LogP contribution in [0.15, 0.2) is 72.8 Å². The van der Waals surface area contributed by atoms with Crippen molar-refractivity contribution < 1.29 is 28.7 Å². The van der Waals surface area contributed by atoms with Crippen molar-refractivity contribution in [3.63, 3.8) is 0 Å². The van der Waals surface area contributed by atoms with E-state index in [1.54, 1.807) is 0 Å². The number of nitrogens with zero attached hydrogens (tertiary/aromatic N) is 3. The van der Waals surface area contributed by atoms with Gasteiger partial charge in [0.25, 0.3) is 0 Å². The Bertz CT molecular complexity index is 1800. The van der Waals surface area contributed by atoms with Gasteiger partial charge in [-0.05, 0) is 139 Å². The molecule has 3 aliphatic rings. The lowest BCUT2D eigenvalue weighted by Gasteiger charge is -2.34. The number of rotatable bonds is 7. The Labute approximate surface area is 338 Å². The quantitative estimate of drug-likeness (QED) is 0.245. The van der Waals surface area contributed by atoms with Crippen LogP contribution in [0.4, 0.5) is 26.7 Å². The Morgan fingerprint density at radius 1 is 0.544 bits per heavy atom. The summed E-state index contributed by atoms with van der Waals surface area (Å²) < 4.78 is 11.1. The van der Waals surface area contributed by atoms with E-state index in [0.717, 1.165) is 42.5 Å². The summed E-state index contributed by atoms with van der Waals surface area (Å²) in [4.78, 5) is 58.0. The molecule has 0 saturated carbocycles. The maximum Gasteiger partial charge on any atom is 0.410 e. The highest BCUT2D eigenvalue weighted by molar-refractivity contribution is 5.97. The average molecular weight is 780 g/mol. The summed E-state index contributed by atoms with van der Waals surface area (Å²) >= 11 is 0. The number of likely N-dealkylation sites (tertiary alicyclic amines) is 2. The molecule has 57 heavy (non-hydrogen) atoms. The van der Waals surface area contributed by atoms with Gasteiger partial charge in [-0.1, -0.05) is 57.2 Å². The number of ether oxygens (including phenoxy) is 2. The summed E-state index contributed by atoms with van der Waals surface area (Å²) in [5.41, 5.74) is 4.78. The molecule has 0 radical (unpaired) electrons. The van der Waals surface area contributed by atoms with E-state index < -0.39 is 35.5 Å². The van der Waals surface area contributed by atoms with Crippen molar-refractivity contribution in [1.82, 2.24) is 9.80 Å². The number of amides is 4. The topological polar surface area (TPSA) is 121 Å². The summed E-state index contributed by atoms with van der Waals surface area (Å²) in [5, 5.41) is 6.09. The van der Waals surface area contributed by atoms with Gasteiger partial charge in [-0.2, -0.15) is 0 Å². The summed E-state index contributed by atoms with van der Waals surface area (Å²) in [7, 11) is 0. The first-order chi connectivity index (χ1) is 26.8. The summed E-state index contributed by atoms with van der Waals surface area (Å²) in [6.45, 7) is 18.6. The van der Waals surface area contributed by atoms with Crippen molar-refractivity contribution >= 4 is 41.1 Å². The molecule has 306 valence electrons. The van der Waals surface area contributed by atoms with Gasteiger partial charge in [-0.15, -0.1) is 0 Å². The Balaban J connectivity index is 1.18. The molecular weight excluding hydrogens is 719 g/mol. The number of hydrogen-bond donors (Lipinski definition) is 2. The zero-order valence-corrected chi connectivity index (χ0v) is 35.2. The van der Waals surface area contributed by atoms with Crippen molar-refractivity contribution in [2.24, 2.45) is 0 Å². The maximum atomic E-state index is 13.4. The number of benzene rings is 3. The average Bonchev–Trinajstić information content (AvgIpc) is 3.91. The molecule has 11 nitrogen and oxygen atoms in total. The fourth-order valence-corrected chi connectivity index (χ4v) is 8.14. The highest BCUT2D eigenvalue weighted by Gasteiger charge is 2.39. The number of anilines is 3. The van der Waals surface area contributed by atoms with Crippen LogP contribution in [-0.4, -0.2) is 70.2 Å². The van der Waals surface area contributed by atoms with E-state index >= 15 is 0 Å². The van der Waals surface area contributed by atoms with Crippen LogP contribution in [0.5, 0.6) is 0 Å². The third kappa shape index (κ3) is 10.1. The second kappa shape index (κ2) is 16.4. The lowest BCUT2D eigenvalue weighted by Crippen LogP contribution is -2.45. The molecule has 2 N–H and O–H groups in total. The maximum absolute atomic E-state index is 13.4. The number of nitrogens with one attached hydrogen (secondary N) is 2. The van der Waals surface area contributed by atoms with Crippen molar-refractivity contribution in [3.8, 4) is 0 Å². The molecule has 4 amide bonds. The van der Waals surface area contributed by atoms with E-state index in [1.807, 2.05) is 65.8 Å². The number of carbonyl (C=O) groups excluding carboxylic acids is 4. The van der Waals surface area contributed by atoms with Gasteiger partial charge in [0, 0.05) is 30.2 Å². The minimum absolute atomic E-state index is 0.0216. The van der Waals surface area contributed by atoms with E-state index in [9.17, 15) is 19.2 Å². The van der Waals surface area contributed by atoms with E-state index in [1.165, 1.54) is 15.4 Å². The van der Waals surface area contributed by atoms with Crippen LogP contribution in [0.2, 0.25) is 0 Å². The third-order valence-electron chi connectivity index (χ3n) is 10.9. The van der Waals surface area contributed by atoms with Crippen molar-refractivity contribution in [2.75, 3.05) is 28.6 Å².